The van der Waals surface area contributed by atoms with E-state index in [9.17, 15) is 10.1 Å². The third kappa shape index (κ3) is 4.08. The highest BCUT2D eigenvalue weighted by atomic mass is 35.5. The van der Waals surface area contributed by atoms with E-state index in [1.165, 1.54) is 6.07 Å². The maximum Gasteiger partial charge on any atom is 0.379 e. The summed E-state index contributed by atoms with van der Waals surface area (Å²) in [6.07, 6.45) is 0. The van der Waals surface area contributed by atoms with Crippen molar-refractivity contribution in [3.63, 3.8) is 0 Å². The van der Waals surface area contributed by atoms with Crippen LogP contribution in [0.3, 0.4) is 0 Å². The van der Waals surface area contributed by atoms with Crippen molar-refractivity contribution in [2.75, 3.05) is 0 Å². The molecule has 1 aromatic heterocycles. The summed E-state index contributed by atoms with van der Waals surface area (Å²) in [6, 6.07) is 17.0. The van der Waals surface area contributed by atoms with Crippen LogP contribution in [0, 0.1) is 18.3 Å². The Hall–Kier alpha value is -3.63. The average Bonchev–Trinajstić information content (AvgIpc) is 3.14. The van der Waals surface area contributed by atoms with E-state index in [1.54, 1.807) is 55.5 Å². The van der Waals surface area contributed by atoms with Crippen LogP contribution in [0.25, 0.3) is 11.0 Å². The fraction of sp³-hybridized carbons (Fsp3) is 0.0769. The van der Waals surface area contributed by atoms with E-state index in [4.69, 9.17) is 54.4 Å². The monoisotopic (exact) mass is 524 g/mol. The Labute approximate surface area is 215 Å². The van der Waals surface area contributed by atoms with Gasteiger partial charge < -0.3 is 19.6 Å². The quantitative estimate of drug-likeness (QED) is 0.225. The van der Waals surface area contributed by atoms with E-state index < -0.39 is 11.9 Å². The zero-order valence-electron chi connectivity index (χ0n) is 18.1. The molecule has 1 atom stereocenters. The Bertz CT molecular complexity index is 1600. The van der Waals surface area contributed by atoms with E-state index in [2.05, 4.69) is 6.07 Å². The lowest BCUT2D eigenvalue weighted by Crippen LogP contribution is -2.21. The van der Waals surface area contributed by atoms with Crippen LogP contribution < -0.4 is 15.2 Å². The minimum atomic E-state index is -0.677. The SMILES string of the molecule is Cc1c(C(=O)Oc2ccc3c(c2)OC(N)=C(C#N)C3c2ccc(Cl)cc2Cl)oc2ccc(Cl)cc12. The topological polar surface area (TPSA) is 98.5 Å². The van der Waals surface area contributed by atoms with Crippen molar-refractivity contribution in [1.82, 2.24) is 0 Å². The molecule has 0 saturated heterocycles. The largest absolute Gasteiger partial charge is 0.449 e. The molecule has 5 rings (SSSR count). The molecular weight excluding hydrogens is 511 g/mol. The number of allylic oxidation sites excluding steroid dienone is 1. The van der Waals surface area contributed by atoms with Gasteiger partial charge in [-0.05, 0) is 48.9 Å². The molecule has 0 fully saturated rings. The van der Waals surface area contributed by atoms with Crippen LogP contribution in [0.4, 0.5) is 0 Å². The summed E-state index contributed by atoms with van der Waals surface area (Å²) in [7, 11) is 0. The first-order valence-corrected chi connectivity index (χ1v) is 11.5. The lowest BCUT2D eigenvalue weighted by atomic mass is 9.83. The van der Waals surface area contributed by atoms with Gasteiger partial charge in [-0.3, -0.25) is 0 Å². The number of hydrogen-bond acceptors (Lipinski definition) is 6. The van der Waals surface area contributed by atoms with Gasteiger partial charge in [0, 0.05) is 37.6 Å². The summed E-state index contributed by atoms with van der Waals surface area (Å²) >= 11 is 18.5. The number of hydrogen-bond donors (Lipinski definition) is 1. The smallest absolute Gasteiger partial charge is 0.379 e. The molecule has 6 nitrogen and oxygen atoms in total. The first-order valence-electron chi connectivity index (χ1n) is 10.3. The number of ether oxygens (including phenoxy) is 2. The lowest BCUT2D eigenvalue weighted by Gasteiger charge is -2.27. The minimum absolute atomic E-state index is 0.0653. The van der Waals surface area contributed by atoms with Crippen LogP contribution >= 0.6 is 34.8 Å². The number of aryl methyl sites for hydroxylation is 1. The number of nitriles is 1. The third-order valence-corrected chi connectivity index (χ3v) is 6.56. The molecule has 0 saturated carbocycles. The van der Waals surface area contributed by atoms with Crippen molar-refractivity contribution in [1.29, 1.82) is 5.26 Å². The number of furan rings is 1. The summed E-state index contributed by atoms with van der Waals surface area (Å²) in [5.74, 6) is -0.719. The van der Waals surface area contributed by atoms with Crippen molar-refractivity contribution >= 4 is 51.7 Å². The van der Waals surface area contributed by atoms with Gasteiger partial charge in [-0.1, -0.05) is 46.9 Å². The molecule has 35 heavy (non-hydrogen) atoms. The van der Waals surface area contributed by atoms with Crippen molar-refractivity contribution in [2.24, 2.45) is 5.73 Å². The Morgan fingerprint density at radius 2 is 1.74 bits per heavy atom. The highest BCUT2D eigenvalue weighted by Gasteiger charge is 2.32. The van der Waals surface area contributed by atoms with Crippen LogP contribution in [0.2, 0.25) is 15.1 Å². The van der Waals surface area contributed by atoms with Crippen molar-refractivity contribution in [2.45, 2.75) is 12.8 Å². The third-order valence-electron chi connectivity index (χ3n) is 5.76. The molecular formula is C26H15Cl3N2O4. The van der Waals surface area contributed by atoms with Crippen LogP contribution in [0.5, 0.6) is 11.5 Å². The van der Waals surface area contributed by atoms with Gasteiger partial charge in [0.2, 0.25) is 11.6 Å². The summed E-state index contributed by atoms with van der Waals surface area (Å²) in [5.41, 5.74) is 8.69. The highest BCUT2D eigenvalue weighted by molar-refractivity contribution is 6.35. The second-order valence-electron chi connectivity index (χ2n) is 7.88. The lowest BCUT2D eigenvalue weighted by molar-refractivity contribution is 0.0702. The molecule has 1 aliphatic heterocycles. The number of nitrogens with zero attached hydrogens (tertiary/aromatic N) is 1. The van der Waals surface area contributed by atoms with Crippen molar-refractivity contribution in [3.05, 3.63) is 104 Å². The second-order valence-corrected chi connectivity index (χ2v) is 9.16. The molecule has 0 radical (unpaired) electrons. The van der Waals surface area contributed by atoms with Gasteiger partial charge in [0.05, 0.1) is 5.92 Å². The fourth-order valence-corrected chi connectivity index (χ4v) is 4.79. The van der Waals surface area contributed by atoms with Crippen molar-refractivity contribution in [3.8, 4) is 17.6 Å². The molecule has 174 valence electrons. The van der Waals surface area contributed by atoms with E-state index in [0.717, 1.165) is 5.39 Å². The Morgan fingerprint density at radius 1 is 1.03 bits per heavy atom. The van der Waals surface area contributed by atoms with Crippen molar-refractivity contribution < 1.29 is 18.7 Å². The standard InChI is InChI=1S/C26H15Cl3N2O4/c1-12-18-8-13(27)3-7-21(18)34-24(12)26(32)33-15-4-6-17-22(10-15)35-25(31)19(11-30)23(17)16-5-2-14(28)9-20(16)29/h2-10,23H,31H2,1H3. The van der Waals surface area contributed by atoms with Gasteiger partial charge in [-0.15, -0.1) is 0 Å². The van der Waals surface area contributed by atoms with Gasteiger partial charge in [-0.25, -0.2) is 4.79 Å². The minimum Gasteiger partial charge on any atom is -0.449 e. The number of esters is 1. The number of carbonyl (C=O) groups is 1. The van der Waals surface area contributed by atoms with Gasteiger partial charge >= 0.3 is 5.97 Å². The van der Waals surface area contributed by atoms with Crippen LogP contribution in [-0.2, 0) is 0 Å². The zero-order valence-corrected chi connectivity index (χ0v) is 20.3. The van der Waals surface area contributed by atoms with Gasteiger partial charge in [0.25, 0.3) is 0 Å². The van der Waals surface area contributed by atoms with Crippen LogP contribution in [0.1, 0.15) is 33.2 Å². The summed E-state index contributed by atoms with van der Waals surface area (Å²) < 4.78 is 17.0. The Morgan fingerprint density at radius 3 is 2.49 bits per heavy atom. The molecule has 2 heterocycles. The van der Waals surface area contributed by atoms with E-state index in [-0.39, 0.29) is 23.0 Å². The Kier molecular flexibility index (Phi) is 5.86. The molecule has 0 spiro atoms. The summed E-state index contributed by atoms with van der Waals surface area (Å²) in [4.78, 5) is 12.9. The molecule has 0 aliphatic carbocycles. The summed E-state index contributed by atoms with van der Waals surface area (Å²) in [5, 5.41) is 11.8. The highest BCUT2D eigenvalue weighted by Crippen LogP contribution is 2.45. The van der Waals surface area contributed by atoms with E-state index >= 15 is 0 Å². The molecule has 1 aliphatic rings. The number of nitrogens with two attached hydrogens (primary N) is 1. The number of halogens is 3. The predicted molar refractivity (Wildman–Crippen MR) is 133 cm³/mol. The van der Waals surface area contributed by atoms with Gasteiger partial charge in [0.15, 0.2) is 0 Å². The molecule has 1 unspecified atom stereocenters. The molecule has 0 bridgehead atoms. The second kappa shape index (κ2) is 8.86. The fourth-order valence-electron chi connectivity index (χ4n) is 4.10. The summed E-state index contributed by atoms with van der Waals surface area (Å²) in [6.45, 7) is 1.75. The molecule has 0 amide bonds. The molecule has 3 aromatic carbocycles. The maximum atomic E-state index is 12.9. The van der Waals surface area contributed by atoms with Gasteiger partial charge in [-0.2, -0.15) is 5.26 Å². The number of rotatable bonds is 3. The predicted octanol–water partition coefficient (Wildman–Crippen LogP) is 7.14. The van der Waals surface area contributed by atoms with Gasteiger partial charge in [0.1, 0.15) is 28.7 Å². The first-order chi connectivity index (χ1) is 16.8. The maximum absolute atomic E-state index is 12.9. The Balaban J connectivity index is 1.51. The number of carbonyl (C=O) groups excluding carboxylic acids is 1. The zero-order chi connectivity index (χ0) is 24.9. The average molecular weight is 526 g/mol. The number of fused-ring (bicyclic) bond motifs is 2. The van der Waals surface area contributed by atoms with Crippen LogP contribution in [0.15, 0.2) is 70.5 Å². The molecule has 9 heteroatoms. The molecule has 2 N–H and O–H groups in total. The van der Waals surface area contributed by atoms with E-state index in [1.807, 2.05) is 0 Å². The number of benzene rings is 3. The van der Waals surface area contributed by atoms with Crippen LogP contribution in [-0.4, -0.2) is 5.97 Å². The first kappa shape index (κ1) is 23.1. The van der Waals surface area contributed by atoms with E-state index in [0.29, 0.717) is 43.1 Å². The molecule has 4 aromatic rings. The normalized spacial score (nSPS) is 14.9.